The van der Waals surface area contributed by atoms with Crippen LogP contribution >= 0.6 is 0 Å². The van der Waals surface area contributed by atoms with Crippen molar-refractivity contribution in [3.8, 4) is 0 Å². The molecule has 0 radical (unpaired) electrons. The summed E-state index contributed by atoms with van der Waals surface area (Å²) in [7, 11) is 0. The lowest BCUT2D eigenvalue weighted by molar-refractivity contribution is -0.122. The highest BCUT2D eigenvalue weighted by atomic mass is 16.2. The summed E-state index contributed by atoms with van der Waals surface area (Å²) in [5, 5.41) is 8.61. The van der Waals surface area contributed by atoms with Gasteiger partial charge in [-0.2, -0.15) is 0 Å². The molecule has 0 atom stereocenters. The first-order valence-electron chi connectivity index (χ1n) is 5.77. The Hall–Kier alpha value is -1.10. The van der Waals surface area contributed by atoms with Crippen molar-refractivity contribution in [2.24, 2.45) is 0 Å². The van der Waals surface area contributed by atoms with Crippen LogP contribution in [0.15, 0.2) is 0 Å². The lowest BCUT2D eigenvalue weighted by atomic mass is 10.2. The van der Waals surface area contributed by atoms with Gasteiger partial charge in [0, 0.05) is 32.5 Å². The molecular formula is C11H23N3O2. The van der Waals surface area contributed by atoms with Crippen LogP contribution in [0.3, 0.4) is 0 Å². The number of carbonyl (C=O) groups is 2. The maximum absolute atomic E-state index is 11.3. The summed E-state index contributed by atoms with van der Waals surface area (Å²) in [6.07, 6.45) is 1.37. The molecule has 0 bridgehead atoms. The van der Waals surface area contributed by atoms with Crippen LogP contribution in [0.5, 0.6) is 0 Å². The molecule has 5 heteroatoms. The molecule has 5 nitrogen and oxygen atoms in total. The lowest BCUT2D eigenvalue weighted by Crippen LogP contribution is -2.34. The first kappa shape index (κ1) is 14.9. The van der Waals surface area contributed by atoms with Gasteiger partial charge in [0.2, 0.25) is 11.8 Å². The van der Waals surface area contributed by atoms with Crippen LogP contribution in [-0.2, 0) is 9.59 Å². The highest BCUT2D eigenvalue weighted by molar-refractivity contribution is 5.76. The third-order valence-electron chi connectivity index (χ3n) is 1.95. The molecule has 0 spiro atoms. The zero-order valence-electron chi connectivity index (χ0n) is 10.4. The van der Waals surface area contributed by atoms with Gasteiger partial charge in [-0.05, 0) is 13.0 Å². The van der Waals surface area contributed by atoms with Crippen molar-refractivity contribution >= 4 is 11.8 Å². The second kappa shape index (κ2) is 9.15. The number of nitrogens with one attached hydrogen (secondary N) is 3. The van der Waals surface area contributed by atoms with Gasteiger partial charge >= 0.3 is 0 Å². The van der Waals surface area contributed by atoms with E-state index in [2.05, 4.69) is 29.8 Å². The Bertz CT molecular complexity index is 217. The SMILES string of the molecule is CC(=O)NCCNC(=O)CCCNC(C)C. The zero-order valence-corrected chi connectivity index (χ0v) is 10.4. The van der Waals surface area contributed by atoms with Gasteiger partial charge in [-0.1, -0.05) is 13.8 Å². The van der Waals surface area contributed by atoms with Crippen LogP contribution < -0.4 is 16.0 Å². The van der Waals surface area contributed by atoms with E-state index in [4.69, 9.17) is 0 Å². The zero-order chi connectivity index (χ0) is 12.4. The van der Waals surface area contributed by atoms with Crippen LogP contribution in [0, 0.1) is 0 Å². The highest BCUT2D eigenvalue weighted by Gasteiger charge is 2.00. The average molecular weight is 229 g/mol. The minimum absolute atomic E-state index is 0.0379. The molecule has 0 saturated heterocycles. The van der Waals surface area contributed by atoms with Crippen LogP contribution in [0.25, 0.3) is 0 Å². The highest BCUT2D eigenvalue weighted by Crippen LogP contribution is 1.88. The van der Waals surface area contributed by atoms with Gasteiger partial charge in [-0.15, -0.1) is 0 Å². The Balaban J connectivity index is 3.28. The number of amides is 2. The molecule has 2 amide bonds. The molecule has 0 saturated carbocycles. The van der Waals surface area contributed by atoms with Crippen LogP contribution in [0.4, 0.5) is 0 Å². The summed E-state index contributed by atoms with van der Waals surface area (Å²) >= 11 is 0. The third kappa shape index (κ3) is 11.0. The van der Waals surface area contributed by atoms with Crippen LogP contribution in [0.2, 0.25) is 0 Å². The Morgan fingerprint density at radius 3 is 2.25 bits per heavy atom. The van der Waals surface area contributed by atoms with Crippen LogP contribution in [-0.4, -0.2) is 37.5 Å². The van der Waals surface area contributed by atoms with E-state index in [1.807, 2.05) is 0 Å². The summed E-state index contributed by atoms with van der Waals surface area (Å²) < 4.78 is 0. The molecule has 0 fully saturated rings. The fourth-order valence-electron chi connectivity index (χ4n) is 1.17. The van der Waals surface area contributed by atoms with Crippen molar-refractivity contribution < 1.29 is 9.59 Å². The van der Waals surface area contributed by atoms with E-state index in [0.717, 1.165) is 13.0 Å². The molecule has 0 aromatic rings. The Kier molecular flexibility index (Phi) is 8.52. The second-order valence-corrected chi connectivity index (χ2v) is 4.05. The molecular weight excluding hydrogens is 206 g/mol. The summed E-state index contributed by atoms with van der Waals surface area (Å²) in [4.78, 5) is 21.8. The lowest BCUT2D eigenvalue weighted by Gasteiger charge is -2.08. The standard InChI is InChI=1S/C11H23N3O2/c1-9(2)12-6-4-5-11(16)14-8-7-13-10(3)15/h9,12H,4-8H2,1-3H3,(H,13,15)(H,14,16). The van der Waals surface area contributed by atoms with E-state index in [9.17, 15) is 9.59 Å². The maximum atomic E-state index is 11.3. The van der Waals surface area contributed by atoms with E-state index in [-0.39, 0.29) is 11.8 Å². The predicted molar refractivity (Wildman–Crippen MR) is 64.1 cm³/mol. The normalized spacial score (nSPS) is 10.2. The molecule has 0 rings (SSSR count). The maximum Gasteiger partial charge on any atom is 0.220 e. The van der Waals surface area contributed by atoms with Gasteiger partial charge < -0.3 is 16.0 Å². The smallest absolute Gasteiger partial charge is 0.220 e. The number of carbonyl (C=O) groups excluding carboxylic acids is 2. The van der Waals surface area contributed by atoms with Gasteiger partial charge in [-0.3, -0.25) is 9.59 Å². The summed E-state index contributed by atoms with van der Waals surface area (Å²) in [6.45, 7) is 7.46. The average Bonchev–Trinajstić information content (AvgIpc) is 2.19. The number of hydrogen-bond donors (Lipinski definition) is 3. The molecule has 0 unspecified atom stereocenters. The van der Waals surface area contributed by atoms with Gasteiger partial charge in [0.1, 0.15) is 0 Å². The largest absolute Gasteiger partial charge is 0.355 e. The first-order chi connectivity index (χ1) is 7.52. The Morgan fingerprint density at radius 2 is 1.69 bits per heavy atom. The molecule has 0 aromatic carbocycles. The van der Waals surface area contributed by atoms with Crippen molar-refractivity contribution in [3.63, 3.8) is 0 Å². The molecule has 0 heterocycles. The Morgan fingerprint density at radius 1 is 1.06 bits per heavy atom. The Labute approximate surface area is 97.4 Å². The molecule has 16 heavy (non-hydrogen) atoms. The monoisotopic (exact) mass is 229 g/mol. The molecule has 3 N–H and O–H groups in total. The third-order valence-corrected chi connectivity index (χ3v) is 1.95. The molecule has 94 valence electrons. The van der Waals surface area contributed by atoms with Crippen molar-refractivity contribution in [3.05, 3.63) is 0 Å². The fourth-order valence-corrected chi connectivity index (χ4v) is 1.17. The van der Waals surface area contributed by atoms with Crippen molar-refractivity contribution in [1.29, 1.82) is 0 Å². The molecule has 0 aliphatic rings. The number of rotatable bonds is 8. The van der Waals surface area contributed by atoms with E-state index < -0.39 is 0 Å². The quantitative estimate of drug-likeness (QED) is 0.514. The van der Waals surface area contributed by atoms with Crippen molar-refractivity contribution in [2.75, 3.05) is 19.6 Å². The molecule has 0 aliphatic heterocycles. The van der Waals surface area contributed by atoms with E-state index >= 15 is 0 Å². The fraction of sp³-hybridized carbons (Fsp3) is 0.818. The van der Waals surface area contributed by atoms with Gasteiger partial charge in [0.05, 0.1) is 0 Å². The van der Waals surface area contributed by atoms with Crippen LogP contribution in [0.1, 0.15) is 33.6 Å². The van der Waals surface area contributed by atoms with Gasteiger partial charge in [0.15, 0.2) is 0 Å². The van der Waals surface area contributed by atoms with E-state index in [1.54, 1.807) is 0 Å². The summed E-state index contributed by atoms with van der Waals surface area (Å²) in [5.74, 6) is -0.0358. The first-order valence-corrected chi connectivity index (χ1v) is 5.77. The summed E-state index contributed by atoms with van der Waals surface area (Å²) in [5.41, 5.74) is 0. The number of hydrogen-bond acceptors (Lipinski definition) is 3. The van der Waals surface area contributed by atoms with E-state index in [0.29, 0.717) is 25.6 Å². The van der Waals surface area contributed by atoms with E-state index in [1.165, 1.54) is 6.92 Å². The second-order valence-electron chi connectivity index (χ2n) is 4.05. The van der Waals surface area contributed by atoms with Crippen molar-refractivity contribution in [2.45, 2.75) is 39.7 Å². The van der Waals surface area contributed by atoms with Crippen molar-refractivity contribution in [1.82, 2.24) is 16.0 Å². The minimum atomic E-state index is -0.0737. The summed E-state index contributed by atoms with van der Waals surface area (Å²) in [6, 6.07) is 0.461. The molecule has 0 aromatic heterocycles. The minimum Gasteiger partial charge on any atom is -0.355 e. The van der Waals surface area contributed by atoms with Gasteiger partial charge in [-0.25, -0.2) is 0 Å². The topological polar surface area (TPSA) is 70.2 Å². The predicted octanol–water partition coefficient (Wildman–Crippen LogP) is 0.0169. The van der Waals surface area contributed by atoms with Gasteiger partial charge in [0.25, 0.3) is 0 Å². The molecule has 0 aliphatic carbocycles.